The molecule has 1 heterocycles. The van der Waals surface area contributed by atoms with Crippen molar-refractivity contribution in [2.75, 3.05) is 18.0 Å². The first-order valence-electron chi connectivity index (χ1n) is 7.70. The second-order valence-corrected chi connectivity index (χ2v) is 6.02. The second kappa shape index (κ2) is 6.04. The van der Waals surface area contributed by atoms with Gasteiger partial charge in [0.05, 0.1) is 5.56 Å². The minimum atomic E-state index is -0.590. The van der Waals surface area contributed by atoms with Gasteiger partial charge < -0.3 is 16.0 Å². The Kier molecular flexibility index (Phi) is 4.11. The van der Waals surface area contributed by atoms with E-state index in [4.69, 9.17) is 5.73 Å². The maximum Gasteiger partial charge on any atom is 0.254 e. The summed E-state index contributed by atoms with van der Waals surface area (Å²) in [5, 5.41) is 2.68. The molecule has 1 aromatic carbocycles. The van der Waals surface area contributed by atoms with Crippen molar-refractivity contribution in [1.82, 2.24) is 5.32 Å². The molecule has 1 unspecified atom stereocenters. The van der Waals surface area contributed by atoms with Crippen LogP contribution in [0.1, 0.15) is 36.0 Å². The second-order valence-electron chi connectivity index (χ2n) is 6.02. The summed E-state index contributed by atoms with van der Waals surface area (Å²) in [6, 6.07) is 4.13. The van der Waals surface area contributed by atoms with Gasteiger partial charge in [-0.2, -0.15) is 0 Å². The first-order valence-corrected chi connectivity index (χ1v) is 7.70. The van der Waals surface area contributed by atoms with E-state index in [1.165, 1.54) is 18.2 Å². The molecule has 2 fully saturated rings. The summed E-state index contributed by atoms with van der Waals surface area (Å²) >= 11 is 0. The smallest absolute Gasteiger partial charge is 0.254 e. The van der Waals surface area contributed by atoms with Crippen molar-refractivity contribution in [2.24, 2.45) is 11.7 Å². The molecule has 1 saturated heterocycles. The molecule has 118 valence electrons. The Labute approximate surface area is 128 Å². The van der Waals surface area contributed by atoms with Crippen LogP contribution >= 0.6 is 0 Å². The monoisotopic (exact) mass is 305 g/mol. The highest BCUT2D eigenvalue weighted by atomic mass is 19.1. The van der Waals surface area contributed by atoms with E-state index in [1.807, 2.05) is 0 Å². The van der Waals surface area contributed by atoms with Crippen LogP contribution in [-0.4, -0.2) is 30.9 Å². The number of carbonyl (C=O) groups is 2. The van der Waals surface area contributed by atoms with Crippen molar-refractivity contribution in [1.29, 1.82) is 0 Å². The molecule has 3 rings (SSSR count). The van der Waals surface area contributed by atoms with E-state index < -0.39 is 11.7 Å². The lowest BCUT2D eigenvalue weighted by atomic mass is 10.1. The average molecular weight is 305 g/mol. The van der Waals surface area contributed by atoms with E-state index in [0.29, 0.717) is 31.1 Å². The van der Waals surface area contributed by atoms with Gasteiger partial charge in [-0.1, -0.05) is 0 Å². The van der Waals surface area contributed by atoms with E-state index in [-0.39, 0.29) is 17.5 Å². The van der Waals surface area contributed by atoms with Gasteiger partial charge in [0, 0.05) is 31.2 Å². The SMILES string of the molecule is NC(CNC(=O)c1cc(N2CCCC2=O)ccc1F)C1CC1. The third-order valence-corrected chi connectivity index (χ3v) is 4.31. The number of anilines is 1. The van der Waals surface area contributed by atoms with Crippen LogP contribution in [0.15, 0.2) is 18.2 Å². The maximum absolute atomic E-state index is 13.9. The minimum Gasteiger partial charge on any atom is -0.350 e. The summed E-state index contributed by atoms with van der Waals surface area (Å²) in [7, 11) is 0. The number of halogens is 1. The quantitative estimate of drug-likeness (QED) is 0.864. The normalized spacial score (nSPS) is 19.4. The lowest BCUT2D eigenvalue weighted by Gasteiger charge is -2.17. The van der Waals surface area contributed by atoms with E-state index in [9.17, 15) is 14.0 Å². The topological polar surface area (TPSA) is 75.4 Å². The number of hydrogen-bond donors (Lipinski definition) is 2. The highest BCUT2D eigenvalue weighted by molar-refractivity contribution is 5.99. The zero-order chi connectivity index (χ0) is 15.7. The summed E-state index contributed by atoms with van der Waals surface area (Å²) in [6.45, 7) is 0.952. The number of nitrogens with one attached hydrogen (secondary N) is 1. The van der Waals surface area contributed by atoms with Gasteiger partial charge in [-0.15, -0.1) is 0 Å². The predicted molar refractivity (Wildman–Crippen MR) is 81.0 cm³/mol. The fraction of sp³-hybridized carbons (Fsp3) is 0.500. The standard InChI is InChI=1S/C16H20FN3O2/c17-13-6-5-11(20-7-1-2-15(20)21)8-12(13)16(22)19-9-14(18)10-3-4-10/h5-6,8,10,14H,1-4,7,9,18H2,(H,19,22). The lowest BCUT2D eigenvalue weighted by molar-refractivity contribution is -0.117. The van der Waals surface area contributed by atoms with Crippen molar-refractivity contribution in [2.45, 2.75) is 31.7 Å². The fourth-order valence-corrected chi connectivity index (χ4v) is 2.77. The number of benzene rings is 1. The number of carbonyl (C=O) groups excluding carboxylic acids is 2. The Morgan fingerprint density at radius 1 is 1.45 bits per heavy atom. The van der Waals surface area contributed by atoms with E-state index in [1.54, 1.807) is 4.90 Å². The molecular weight excluding hydrogens is 285 g/mol. The van der Waals surface area contributed by atoms with Crippen molar-refractivity contribution in [3.8, 4) is 0 Å². The first kappa shape index (κ1) is 15.0. The average Bonchev–Trinajstić information content (AvgIpc) is 3.27. The molecule has 0 radical (unpaired) electrons. The number of amides is 2. The Bertz CT molecular complexity index is 601. The van der Waals surface area contributed by atoms with Crippen LogP contribution in [-0.2, 0) is 4.79 Å². The summed E-state index contributed by atoms with van der Waals surface area (Å²) in [6.07, 6.45) is 3.47. The van der Waals surface area contributed by atoms with E-state index >= 15 is 0 Å². The molecule has 0 bridgehead atoms. The lowest BCUT2D eigenvalue weighted by Crippen LogP contribution is -2.38. The molecule has 22 heavy (non-hydrogen) atoms. The zero-order valence-electron chi connectivity index (χ0n) is 12.3. The third kappa shape index (κ3) is 3.11. The van der Waals surface area contributed by atoms with Crippen LogP contribution < -0.4 is 16.0 Å². The summed E-state index contributed by atoms with van der Waals surface area (Å²) < 4.78 is 13.9. The third-order valence-electron chi connectivity index (χ3n) is 4.31. The first-order chi connectivity index (χ1) is 10.6. The van der Waals surface area contributed by atoms with Gasteiger partial charge in [-0.05, 0) is 43.4 Å². The van der Waals surface area contributed by atoms with Crippen LogP contribution in [0.3, 0.4) is 0 Å². The van der Waals surface area contributed by atoms with Crippen molar-refractivity contribution in [3.63, 3.8) is 0 Å². The number of nitrogens with zero attached hydrogens (tertiary/aromatic N) is 1. The van der Waals surface area contributed by atoms with Gasteiger partial charge in [0.1, 0.15) is 5.82 Å². The number of nitrogens with two attached hydrogens (primary N) is 1. The molecule has 1 aliphatic carbocycles. The predicted octanol–water partition coefficient (Wildman–Crippen LogP) is 1.42. The molecule has 1 aliphatic heterocycles. The molecule has 0 spiro atoms. The number of hydrogen-bond acceptors (Lipinski definition) is 3. The van der Waals surface area contributed by atoms with Gasteiger partial charge in [-0.25, -0.2) is 4.39 Å². The van der Waals surface area contributed by atoms with Gasteiger partial charge in [0.25, 0.3) is 5.91 Å². The van der Waals surface area contributed by atoms with E-state index in [2.05, 4.69) is 5.32 Å². The van der Waals surface area contributed by atoms with Crippen LogP contribution in [0.4, 0.5) is 10.1 Å². The highest BCUT2D eigenvalue weighted by Crippen LogP contribution is 2.31. The molecule has 2 aliphatic rings. The van der Waals surface area contributed by atoms with Crippen molar-refractivity contribution in [3.05, 3.63) is 29.6 Å². The van der Waals surface area contributed by atoms with Gasteiger partial charge in [-0.3, -0.25) is 9.59 Å². The number of rotatable bonds is 5. The van der Waals surface area contributed by atoms with Crippen molar-refractivity contribution >= 4 is 17.5 Å². The minimum absolute atomic E-state index is 0.00808. The molecule has 6 heteroatoms. The molecular formula is C16H20FN3O2. The molecule has 1 aromatic rings. The Hall–Kier alpha value is -1.95. The Morgan fingerprint density at radius 2 is 2.23 bits per heavy atom. The van der Waals surface area contributed by atoms with Crippen LogP contribution in [0.2, 0.25) is 0 Å². The summed E-state index contributed by atoms with van der Waals surface area (Å²) in [5.41, 5.74) is 6.46. The van der Waals surface area contributed by atoms with Crippen LogP contribution in [0.25, 0.3) is 0 Å². The van der Waals surface area contributed by atoms with Crippen LogP contribution in [0, 0.1) is 11.7 Å². The van der Waals surface area contributed by atoms with E-state index in [0.717, 1.165) is 19.3 Å². The highest BCUT2D eigenvalue weighted by Gasteiger charge is 2.29. The molecule has 0 aromatic heterocycles. The van der Waals surface area contributed by atoms with Gasteiger partial charge >= 0.3 is 0 Å². The van der Waals surface area contributed by atoms with Crippen molar-refractivity contribution < 1.29 is 14.0 Å². The van der Waals surface area contributed by atoms with Gasteiger partial charge in [0.15, 0.2) is 0 Å². The summed E-state index contributed by atoms with van der Waals surface area (Å²) in [5.74, 6) is -0.595. The molecule has 1 saturated carbocycles. The maximum atomic E-state index is 13.9. The van der Waals surface area contributed by atoms with Gasteiger partial charge in [0.2, 0.25) is 5.91 Å². The van der Waals surface area contributed by atoms with Crippen LogP contribution in [0.5, 0.6) is 0 Å². The molecule has 3 N–H and O–H groups in total. The summed E-state index contributed by atoms with van der Waals surface area (Å²) in [4.78, 5) is 25.5. The fourth-order valence-electron chi connectivity index (χ4n) is 2.77. The Balaban J connectivity index is 1.71. The molecule has 5 nitrogen and oxygen atoms in total. The molecule has 2 amide bonds. The molecule has 1 atom stereocenters. The zero-order valence-corrected chi connectivity index (χ0v) is 12.3. The largest absolute Gasteiger partial charge is 0.350 e. The Morgan fingerprint density at radius 3 is 2.86 bits per heavy atom.